The van der Waals surface area contributed by atoms with Gasteiger partial charge in [-0.05, 0) is 30.2 Å². The van der Waals surface area contributed by atoms with Crippen LogP contribution in [0.25, 0.3) is 6.08 Å². The number of aliphatic hydroxyl groups is 1. The molecule has 1 heterocycles. The summed E-state index contributed by atoms with van der Waals surface area (Å²) in [4.78, 5) is 11.7. The van der Waals surface area contributed by atoms with E-state index in [0.717, 1.165) is 5.56 Å². The average molecular weight is 271 g/mol. The van der Waals surface area contributed by atoms with E-state index in [4.69, 9.17) is 4.42 Å². The molecule has 0 saturated carbocycles. The first-order valence-corrected chi connectivity index (χ1v) is 6.45. The number of benzene rings is 1. The lowest BCUT2D eigenvalue weighted by Crippen LogP contribution is -2.38. The molecule has 2 aromatic rings. The summed E-state index contributed by atoms with van der Waals surface area (Å²) in [5.41, 5.74) is 1.07. The molecule has 0 aliphatic heterocycles. The van der Waals surface area contributed by atoms with Crippen LogP contribution >= 0.6 is 0 Å². The Morgan fingerprint density at radius 2 is 2.05 bits per heavy atom. The van der Waals surface area contributed by atoms with Crippen molar-refractivity contribution in [2.45, 2.75) is 12.5 Å². The highest BCUT2D eigenvalue weighted by molar-refractivity contribution is 5.91. The van der Waals surface area contributed by atoms with Crippen molar-refractivity contribution in [1.82, 2.24) is 5.32 Å². The molecule has 0 saturated heterocycles. The first kappa shape index (κ1) is 14.1. The molecule has 4 nitrogen and oxygen atoms in total. The second-order valence-electron chi connectivity index (χ2n) is 4.43. The van der Waals surface area contributed by atoms with Crippen molar-refractivity contribution in [2.75, 3.05) is 6.61 Å². The van der Waals surface area contributed by atoms with Gasteiger partial charge in [0.25, 0.3) is 0 Å². The number of amides is 1. The summed E-state index contributed by atoms with van der Waals surface area (Å²) in [6, 6.07) is 12.9. The van der Waals surface area contributed by atoms with Gasteiger partial charge in [-0.2, -0.15) is 0 Å². The molecule has 1 aromatic heterocycles. The number of hydrogen-bond donors (Lipinski definition) is 2. The van der Waals surface area contributed by atoms with Crippen molar-refractivity contribution in [1.29, 1.82) is 0 Å². The number of hydrogen-bond acceptors (Lipinski definition) is 3. The molecule has 0 radical (unpaired) electrons. The summed E-state index contributed by atoms with van der Waals surface area (Å²) in [7, 11) is 0. The largest absolute Gasteiger partial charge is 0.465 e. The highest BCUT2D eigenvalue weighted by atomic mass is 16.3. The van der Waals surface area contributed by atoms with Gasteiger partial charge in [0, 0.05) is 6.08 Å². The van der Waals surface area contributed by atoms with Gasteiger partial charge in [0.1, 0.15) is 5.76 Å². The van der Waals surface area contributed by atoms with E-state index in [-0.39, 0.29) is 18.6 Å². The summed E-state index contributed by atoms with van der Waals surface area (Å²) in [5.74, 6) is 0.361. The van der Waals surface area contributed by atoms with E-state index < -0.39 is 0 Å². The zero-order valence-electron chi connectivity index (χ0n) is 11.0. The molecule has 4 heteroatoms. The Morgan fingerprint density at radius 3 is 2.70 bits per heavy atom. The van der Waals surface area contributed by atoms with Crippen LogP contribution in [-0.2, 0) is 11.2 Å². The molecule has 0 spiro atoms. The van der Waals surface area contributed by atoms with Crippen LogP contribution in [0.1, 0.15) is 11.3 Å². The lowest BCUT2D eigenvalue weighted by atomic mass is 10.1. The monoisotopic (exact) mass is 271 g/mol. The van der Waals surface area contributed by atoms with Gasteiger partial charge in [-0.15, -0.1) is 0 Å². The van der Waals surface area contributed by atoms with Crippen molar-refractivity contribution in [2.24, 2.45) is 0 Å². The maximum absolute atomic E-state index is 11.7. The van der Waals surface area contributed by atoms with Gasteiger partial charge in [0.2, 0.25) is 5.91 Å². The zero-order chi connectivity index (χ0) is 14.2. The van der Waals surface area contributed by atoms with E-state index in [9.17, 15) is 9.90 Å². The van der Waals surface area contributed by atoms with Crippen molar-refractivity contribution < 1.29 is 14.3 Å². The second-order valence-corrected chi connectivity index (χ2v) is 4.43. The highest BCUT2D eigenvalue weighted by Crippen LogP contribution is 2.04. The Kier molecular flexibility index (Phi) is 5.15. The van der Waals surface area contributed by atoms with Crippen LogP contribution < -0.4 is 5.32 Å². The predicted molar refractivity (Wildman–Crippen MR) is 76.9 cm³/mol. The lowest BCUT2D eigenvalue weighted by Gasteiger charge is -2.15. The molecule has 0 aliphatic rings. The highest BCUT2D eigenvalue weighted by Gasteiger charge is 2.10. The molecule has 1 aromatic carbocycles. The predicted octanol–water partition coefficient (Wildman–Crippen LogP) is 2.01. The molecule has 1 amide bonds. The number of furan rings is 1. The molecule has 0 bridgehead atoms. The molecule has 0 aliphatic carbocycles. The van der Waals surface area contributed by atoms with Crippen LogP contribution in [0.4, 0.5) is 0 Å². The topological polar surface area (TPSA) is 62.5 Å². The Morgan fingerprint density at radius 1 is 1.25 bits per heavy atom. The fourth-order valence-corrected chi connectivity index (χ4v) is 1.85. The van der Waals surface area contributed by atoms with Crippen LogP contribution in [0.3, 0.4) is 0 Å². The SMILES string of the molecule is O=C(C=Cc1ccco1)NC(CO)Cc1ccccc1. The fraction of sp³-hybridized carbons (Fsp3) is 0.188. The molecular formula is C16H17NO3. The molecule has 0 fully saturated rings. The molecule has 1 unspecified atom stereocenters. The first-order valence-electron chi connectivity index (χ1n) is 6.45. The van der Waals surface area contributed by atoms with Gasteiger partial charge >= 0.3 is 0 Å². The van der Waals surface area contributed by atoms with Gasteiger partial charge in [0.05, 0.1) is 18.9 Å². The zero-order valence-corrected chi connectivity index (χ0v) is 11.0. The van der Waals surface area contributed by atoms with E-state index >= 15 is 0 Å². The Labute approximate surface area is 117 Å². The molecule has 1 atom stereocenters. The van der Waals surface area contributed by atoms with Crippen LogP contribution in [0.2, 0.25) is 0 Å². The van der Waals surface area contributed by atoms with Gasteiger partial charge < -0.3 is 14.8 Å². The number of nitrogens with one attached hydrogen (secondary N) is 1. The maximum Gasteiger partial charge on any atom is 0.244 e. The number of aliphatic hydroxyl groups excluding tert-OH is 1. The molecule has 2 N–H and O–H groups in total. The quantitative estimate of drug-likeness (QED) is 0.790. The van der Waals surface area contributed by atoms with E-state index in [2.05, 4.69) is 5.32 Å². The summed E-state index contributed by atoms with van der Waals surface area (Å²) >= 11 is 0. The molecule has 20 heavy (non-hydrogen) atoms. The minimum absolute atomic E-state index is 0.102. The number of carbonyl (C=O) groups is 1. The lowest BCUT2D eigenvalue weighted by molar-refractivity contribution is -0.117. The average Bonchev–Trinajstić information content (AvgIpc) is 2.99. The van der Waals surface area contributed by atoms with Gasteiger partial charge in [0.15, 0.2) is 0 Å². The van der Waals surface area contributed by atoms with Crippen LogP contribution in [0.15, 0.2) is 59.2 Å². The molecule has 104 valence electrons. The summed E-state index contributed by atoms with van der Waals surface area (Å²) in [6.45, 7) is -0.102. The smallest absolute Gasteiger partial charge is 0.244 e. The number of rotatable bonds is 6. The van der Waals surface area contributed by atoms with Crippen LogP contribution in [0, 0.1) is 0 Å². The Bertz CT molecular complexity index is 546. The van der Waals surface area contributed by atoms with E-state index in [1.165, 1.54) is 6.08 Å². The van der Waals surface area contributed by atoms with Crippen molar-refractivity contribution >= 4 is 12.0 Å². The standard InChI is InChI=1S/C16H17NO3/c18-12-14(11-13-5-2-1-3-6-13)17-16(19)9-8-15-7-4-10-20-15/h1-10,14,18H,11-12H2,(H,17,19). The first-order chi connectivity index (χ1) is 9.78. The normalized spacial score (nSPS) is 12.4. The minimum Gasteiger partial charge on any atom is -0.465 e. The van der Waals surface area contributed by atoms with Crippen LogP contribution in [-0.4, -0.2) is 23.7 Å². The fourth-order valence-electron chi connectivity index (χ4n) is 1.85. The summed E-state index contributed by atoms with van der Waals surface area (Å²) in [6.07, 6.45) is 5.12. The van der Waals surface area contributed by atoms with Crippen LogP contribution in [0.5, 0.6) is 0 Å². The third kappa shape index (κ3) is 4.40. The summed E-state index contributed by atoms with van der Waals surface area (Å²) < 4.78 is 5.09. The van der Waals surface area contributed by atoms with Crippen molar-refractivity contribution in [3.8, 4) is 0 Å². The third-order valence-electron chi connectivity index (χ3n) is 2.83. The van der Waals surface area contributed by atoms with E-state index in [0.29, 0.717) is 12.2 Å². The third-order valence-corrected chi connectivity index (χ3v) is 2.83. The molecular weight excluding hydrogens is 254 g/mol. The number of carbonyl (C=O) groups excluding carboxylic acids is 1. The van der Waals surface area contributed by atoms with Crippen molar-refractivity contribution in [3.63, 3.8) is 0 Å². The van der Waals surface area contributed by atoms with E-state index in [1.807, 2.05) is 30.3 Å². The van der Waals surface area contributed by atoms with Gasteiger partial charge in [-0.1, -0.05) is 30.3 Å². The van der Waals surface area contributed by atoms with Gasteiger partial charge in [-0.25, -0.2) is 0 Å². The van der Waals surface area contributed by atoms with Gasteiger partial charge in [-0.3, -0.25) is 4.79 Å². The van der Waals surface area contributed by atoms with E-state index in [1.54, 1.807) is 24.5 Å². The van der Waals surface area contributed by atoms with Crippen molar-refractivity contribution in [3.05, 3.63) is 66.1 Å². The molecule has 2 rings (SSSR count). The maximum atomic E-state index is 11.7. The second kappa shape index (κ2) is 7.31. The Hall–Kier alpha value is -2.33. The summed E-state index contributed by atoms with van der Waals surface area (Å²) in [5, 5.41) is 12.1. The Balaban J connectivity index is 1.88. The minimum atomic E-state index is -0.300.